The Hall–Kier alpha value is -1.39. The third-order valence-electron chi connectivity index (χ3n) is 3.16. The van der Waals surface area contributed by atoms with Gasteiger partial charge < -0.3 is 10.1 Å². The van der Waals surface area contributed by atoms with Crippen molar-refractivity contribution in [3.05, 3.63) is 45.3 Å². The van der Waals surface area contributed by atoms with Crippen LogP contribution in [0, 0.1) is 13.8 Å². The van der Waals surface area contributed by atoms with E-state index in [1.165, 1.54) is 10.4 Å². The Bertz CT molecular complexity index is 586. The van der Waals surface area contributed by atoms with Gasteiger partial charge in [-0.2, -0.15) is 0 Å². The molecule has 4 heteroatoms. The van der Waals surface area contributed by atoms with Crippen molar-refractivity contribution in [3.63, 3.8) is 0 Å². The molecule has 2 heterocycles. The van der Waals surface area contributed by atoms with Gasteiger partial charge in [0, 0.05) is 28.2 Å². The molecule has 0 aromatic carbocycles. The maximum absolute atomic E-state index is 5.97. The third-order valence-corrected chi connectivity index (χ3v) is 4.01. The standard InChI is InChI=1S/C17H24N2OS/c1-12-9-13(2)19-16(15(12)10-18-17(3,4)5)20-11-14-7-6-8-21-14/h6-9,18H,10-11H2,1-5H3. The Kier molecular flexibility index (Phi) is 5.01. The van der Waals surface area contributed by atoms with E-state index in [-0.39, 0.29) is 5.54 Å². The predicted molar refractivity (Wildman–Crippen MR) is 89.0 cm³/mol. The molecular weight excluding hydrogens is 280 g/mol. The van der Waals surface area contributed by atoms with Gasteiger partial charge in [0.1, 0.15) is 6.61 Å². The van der Waals surface area contributed by atoms with Crippen LogP contribution in [0.25, 0.3) is 0 Å². The van der Waals surface area contributed by atoms with Crippen molar-refractivity contribution in [3.8, 4) is 5.88 Å². The molecule has 0 atom stereocenters. The van der Waals surface area contributed by atoms with Gasteiger partial charge in [0.05, 0.1) is 0 Å². The van der Waals surface area contributed by atoms with Crippen molar-refractivity contribution in [2.45, 2.75) is 53.3 Å². The predicted octanol–water partition coefficient (Wildman–Crippen LogP) is 4.23. The molecule has 1 N–H and O–H groups in total. The normalized spacial score (nSPS) is 11.7. The molecule has 2 aromatic heterocycles. The lowest BCUT2D eigenvalue weighted by Crippen LogP contribution is -2.35. The number of ether oxygens (including phenoxy) is 1. The molecule has 0 bridgehead atoms. The molecule has 0 aliphatic rings. The second-order valence-electron chi connectivity index (χ2n) is 6.34. The maximum atomic E-state index is 5.97. The first-order valence-electron chi connectivity index (χ1n) is 7.22. The van der Waals surface area contributed by atoms with Gasteiger partial charge in [0.2, 0.25) is 5.88 Å². The number of pyridine rings is 1. The molecule has 0 aliphatic carbocycles. The summed E-state index contributed by atoms with van der Waals surface area (Å²) in [5.74, 6) is 0.748. The van der Waals surface area contributed by atoms with E-state index >= 15 is 0 Å². The molecule has 0 unspecified atom stereocenters. The summed E-state index contributed by atoms with van der Waals surface area (Å²) in [7, 11) is 0. The monoisotopic (exact) mass is 304 g/mol. The highest BCUT2D eigenvalue weighted by molar-refractivity contribution is 7.09. The Labute approximate surface area is 131 Å². The number of hydrogen-bond donors (Lipinski definition) is 1. The quantitative estimate of drug-likeness (QED) is 0.897. The Morgan fingerprint density at radius 1 is 1.29 bits per heavy atom. The first kappa shape index (κ1) is 16.0. The second kappa shape index (κ2) is 6.58. The fourth-order valence-corrected chi connectivity index (χ4v) is 2.67. The minimum absolute atomic E-state index is 0.0718. The summed E-state index contributed by atoms with van der Waals surface area (Å²) in [5.41, 5.74) is 3.43. The summed E-state index contributed by atoms with van der Waals surface area (Å²) < 4.78 is 5.97. The topological polar surface area (TPSA) is 34.1 Å². The van der Waals surface area contributed by atoms with Gasteiger partial charge in [-0.1, -0.05) is 6.07 Å². The van der Waals surface area contributed by atoms with Crippen LogP contribution in [0.2, 0.25) is 0 Å². The van der Waals surface area contributed by atoms with E-state index in [1.54, 1.807) is 11.3 Å². The van der Waals surface area contributed by atoms with Gasteiger partial charge in [-0.3, -0.25) is 0 Å². The van der Waals surface area contributed by atoms with Crippen molar-refractivity contribution in [1.29, 1.82) is 0 Å². The number of nitrogens with one attached hydrogen (secondary N) is 1. The highest BCUT2D eigenvalue weighted by Gasteiger charge is 2.15. The summed E-state index contributed by atoms with van der Waals surface area (Å²) in [6, 6.07) is 6.23. The van der Waals surface area contributed by atoms with E-state index in [0.29, 0.717) is 6.61 Å². The van der Waals surface area contributed by atoms with Crippen LogP contribution in [0.3, 0.4) is 0 Å². The largest absolute Gasteiger partial charge is 0.472 e. The molecule has 2 rings (SSSR count). The summed E-state index contributed by atoms with van der Waals surface area (Å²) in [6.07, 6.45) is 0. The average molecular weight is 304 g/mol. The number of aryl methyl sites for hydroxylation is 2. The fourth-order valence-electron chi connectivity index (χ4n) is 2.05. The van der Waals surface area contributed by atoms with Crippen LogP contribution in [-0.4, -0.2) is 10.5 Å². The summed E-state index contributed by atoms with van der Waals surface area (Å²) in [5, 5.41) is 5.58. The number of rotatable bonds is 5. The van der Waals surface area contributed by atoms with Crippen LogP contribution >= 0.6 is 11.3 Å². The molecule has 0 saturated carbocycles. The first-order valence-corrected chi connectivity index (χ1v) is 8.10. The fraction of sp³-hybridized carbons (Fsp3) is 0.471. The Morgan fingerprint density at radius 2 is 2.05 bits per heavy atom. The maximum Gasteiger partial charge on any atom is 0.218 e. The van der Waals surface area contributed by atoms with Crippen LogP contribution in [0.5, 0.6) is 5.88 Å². The molecule has 0 spiro atoms. The highest BCUT2D eigenvalue weighted by atomic mass is 32.1. The summed E-state index contributed by atoms with van der Waals surface area (Å²) in [6.45, 7) is 12.0. The summed E-state index contributed by atoms with van der Waals surface area (Å²) in [4.78, 5) is 5.79. The van der Waals surface area contributed by atoms with Crippen molar-refractivity contribution in [2.75, 3.05) is 0 Å². The lowest BCUT2D eigenvalue weighted by atomic mass is 10.1. The molecule has 0 radical (unpaired) electrons. The van der Waals surface area contributed by atoms with Crippen LogP contribution in [0.1, 0.15) is 42.5 Å². The van der Waals surface area contributed by atoms with Crippen molar-refractivity contribution >= 4 is 11.3 Å². The molecule has 0 saturated heterocycles. The van der Waals surface area contributed by atoms with Gasteiger partial charge in [0.15, 0.2) is 0 Å². The number of hydrogen-bond acceptors (Lipinski definition) is 4. The second-order valence-corrected chi connectivity index (χ2v) is 7.37. The van der Waals surface area contributed by atoms with Gasteiger partial charge in [-0.15, -0.1) is 11.3 Å². The molecule has 114 valence electrons. The van der Waals surface area contributed by atoms with Crippen LogP contribution < -0.4 is 10.1 Å². The molecule has 0 amide bonds. The zero-order valence-electron chi connectivity index (χ0n) is 13.5. The molecule has 2 aromatic rings. The number of nitrogens with zero attached hydrogens (tertiary/aromatic N) is 1. The SMILES string of the molecule is Cc1cc(C)c(CNC(C)(C)C)c(OCc2cccs2)n1. The Morgan fingerprint density at radius 3 is 2.67 bits per heavy atom. The van der Waals surface area contributed by atoms with Gasteiger partial charge in [0.25, 0.3) is 0 Å². The van der Waals surface area contributed by atoms with E-state index in [0.717, 1.165) is 23.7 Å². The number of aromatic nitrogens is 1. The van der Waals surface area contributed by atoms with Crippen LogP contribution in [0.4, 0.5) is 0 Å². The highest BCUT2D eigenvalue weighted by Crippen LogP contribution is 2.23. The zero-order chi connectivity index (χ0) is 15.5. The van der Waals surface area contributed by atoms with Crippen molar-refractivity contribution in [1.82, 2.24) is 10.3 Å². The molecule has 0 aliphatic heterocycles. The molecule has 0 fully saturated rings. The smallest absolute Gasteiger partial charge is 0.218 e. The van der Waals surface area contributed by atoms with Crippen molar-refractivity contribution in [2.24, 2.45) is 0 Å². The van der Waals surface area contributed by atoms with E-state index in [1.807, 2.05) is 13.0 Å². The molecule has 3 nitrogen and oxygen atoms in total. The van der Waals surface area contributed by atoms with E-state index in [4.69, 9.17) is 4.74 Å². The molecular formula is C17H24N2OS. The van der Waals surface area contributed by atoms with Crippen LogP contribution in [0.15, 0.2) is 23.6 Å². The third kappa shape index (κ3) is 4.83. The Balaban J connectivity index is 2.17. The average Bonchev–Trinajstić information content (AvgIpc) is 2.86. The van der Waals surface area contributed by atoms with E-state index < -0.39 is 0 Å². The van der Waals surface area contributed by atoms with Gasteiger partial charge >= 0.3 is 0 Å². The zero-order valence-corrected chi connectivity index (χ0v) is 14.3. The van der Waals surface area contributed by atoms with Crippen molar-refractivity contribution < 1.29 is 4.74 Å². The lowest BCUT2D eigenvalue weighted by molar-refractivity contribution is 0.290. The lowest BCUT2D eigenvalue weighted by Gasteiger charge is -2.22. The van der Waals surface area contributed by atoms with E-state index in [2.05, 4.69) is 55.5 Å². The van der Waals surface area contributed by atoms with Gasteiger partial charge in [-0.05, 0) is 57.7 Å². The van der Waals surface area contributed by atoms with Gasteiger partial charge in [-0.25, -0.2) is 4.98 Å². The van der Waals surface area contributed by atoms with E-state index in [9.17, 15) is 0 Å². The minimum atomic E-state index is 0.0718. The minimum Gasteiger partial charge on any atom is -0.472 e. The van der Waals surface area contributed by atoms with Crippen LogP contribution in [-0.2, 0) is 13.2 Å². The molecule has 21 heavy (non-hydrogen) atoms. The first-order chi connectivity index (χ1) is 9.85. The number of thiophene rings is 1. The summed E-state index contributed by atoms with van der Waals surface area (Å²) >= 11 is 1.71.